The Balaban J connectivity index is 3.76. The van der Waals surface area contributed by atoms with Crippen LogP contribution in [0.2, 0.25) is 0 Å². The molecule has 0 radical (unpaired) electrons. The largest absolute Gasteiger partial charge is 0.508 e. The molecule has 4 heteroatoms. The maximum Gasteiger partial charge on any atom is 0.317 e. The van der Waals surface area contributed by atoms with Gasteiger partial charge in [-0.05, 0) is 28.5 Å². The second-order valence-electron chi connectivity index (χ2n) is 7.60. The van der Waals surface area contributed by atoms with Gasteiger partial charge in [0, 0.05) is 5.41 Å². The summed E-state index contributed by atoms with van der Waals surface area (Å²) in [7, 11) is 0. The van der Waals surface area contributed by atoms with Gasteiger partial charge in [-0.25, -0.2) is 0 Å². The van der Waals surface area contributed by atoms with Crippen LogP contribution in [0.25, 0.3) is 0 Å². The topological polar surface area (TPSA) is 57.5 Å². The smallest absolute Gasteiger partial charge is 0.317 e. The van der Waals surface area contributed by atoms with Crippen LogP contribution in [0.5, 0.6) is 5.75 Å². The van der Waals surface area contributed by atoms with Crippen molar-refractivity contribution in [3.63, 3.8) is 0 Å². The molecule has 21 heavy (non-hydrogen) atoms. The number of aromatic hydroxyl groups is 1. The fourth-order valence-corrected chi connectivity index (χ4v) is 4.80. The summed E-state index contributed by atoms with van der Waals surface area (Å²) in [4.78, 5) is 11.8. The molecule has 0 spiro atoms. The fraction of sp³-hybridized carbons (Fsp3) is 0.588. The molecule has 118 valence electrons. The van der Waals surface area contributed by atoms with Gasteiger partial charge in [0.05, 0.1) is 0 Å². The lowest BCUT2D eigenvalue weighted by atomic mass is 9.49. The molecule has 1 rings (SSSR count). The minimum Gasteiger partial charge on any atom is -0.508 e. The second-order valence-corrected chi connectivity index (χ2v) is 8.11. The average Bonchev–Trinajstić information content (AvgIpc) is 2.28. The molecule has 2 N–H and O–H groups in total. The maximum absolute atomic E-state index is 11.8. The first-order valence-corrected chi connectivity index (χ1v) is 7.57. The number of carbonyl (C=O) groups is 1. The first-order chi connectivity index (χ1) is 9.35. The van der Waals surface area contributed by atoms with Crippen LogP contribution in [0.1, 0.15) is 47.1 Å². The minimum atomic E-state index is -0.934. The van der Waals surface area contributed by atoms with E-state index in [1.807, 2.05) is 41.5 Å². The number of hydrogen-bond donors (Lipinski definition) is 3. The number of phenols is 1. The molecular formula is C17H26O3S. The number of phenolic OH excluding ortho intramolecular Hbond substituents is 1. The summed E-state index contributed by atoms with van der Waals surface area (Å²) in [6.07, 6.45) is 0. The second kappa shape index (κ2) is 5.56. The SMILES string of the molecule is CC(C)(C)C(c1ccc(O)cc1)(C(S)C(=O)O)C(C)(C)C. The van der Waals surface area contributed by atoms with Crippen LogP contribution >= 0.6 is 12.6 Å². The zero-order valence-corrected chi connectivity index (χ0v) is 14.5. The number of rotatable bonds is 3. The minimum absolute atomic E-state index is 0.168. The molecule has 0 bridgehead atoms. The first-order valence-electron chi connectivity index (χ1n) is 7.06. The van der Waals surface area contributed by atoms with Crippen LogP contribution < -0.4 is 0 Å². The van der Waals surface area contributed by atoms with Crippen molar-refractivity contribution in [3.05, 3.63) is 29.8 Å². The van der Waals surface area contributed by atoms with E-state index in [-0.39, 0.29) is 16.6 Å². The van der Waals surface area contributed by atoms with Crippen molar-refractivity contribution in [1.82, 2.24) is 0 Å². The number of hydrogen-bond acceptors (Lipinski definition) is 3. The third kappa shape index (κ3) is 2.91. The van der Waals surface area contributed by atoms with Crippen molar-refractivity contribution >= 4 is 18.6 Å². The molecule has 0 amide bonds. The van der Waals surface area contributed by atoms with Crippen molar-refractivity contribution < 1.29 is 15.0 Å². The van der Waals surface area contributed by atoms with Crippen LogP contribution in [0.15, 0.2) is 24.3 Å². The molecule has 0 aliphatic carbocycles. The van der Waals surface area contributed by atoms with E-state index in [1.165, 1.54) is 0 Å². The number of aliphatic carboxylic acids is 1. The molecule has 0 aliphatic rings. The number of carboxylic acid groups (broad SMARTS) is 1. The lowest BCUT2D eigenvalue weighted by molar-refractivity contribution is -0.141. The van der Waals surface area contributed by atoms with Crippen LogP contribution in [-0.4, -0.2) is 21.4 Å². The van der Waals surface area contributed by atoms with Gasteiger partial charge < -0.3 is 10.2 Å². The Morgan fingerprint density at radius 1 is 1.00 bits per heavy atom. The van der Waals surface area contributed by atoms with E-state index in [9.17, 15) is 15.0 Å². The molecule has 0 saturated carbocycles. The van der Waals surface area contributed by atoms with E-state index in [2.05, 4.69) is 12.6 Å². The van der Waals surface area contributed by atoms with Gasteiger partial charge in [0.15, 0.2) is 0 Å². The third-order valence-electron chi connectivity index (χ3n) is 4.33. The van der Waals surface area contributed by atoms with Gasteiger partial charge >= 0.3 is 5.97 Å². The summed E-state index contributed by atoms with van der Waals surface area (Å²) in [6.45, 7) is 12.2. The monoisotopic (exact) mass is 310 g/mol. The number of thiol groups is 1. The highest BCUT2D eigenvalue weighted by molar-refractivity contribution is 7.81. The lowest BCUT2D eigenvalue weighted by Gasteiger charge is -2.56. The molecule has 1 atom stereocenters. The number of benzene rings is 1. The average molecular weight is 310 g/mol. The Labute approximate surface area is 132 Å². The Bertz CT molecular complexity index is 492. The zero-order valence-electron chi connectivity index (χ0n) is 13.6. The highest BCUT2D eigenvalue weighted by atomic mass is 32.1. The Morgan fingerprint density at radius 3 is 1.67 bits per heavy atom. The van der Waals surface area contributed by atoms with Crippen molar-refractivity contribution in [3.8, 4) is 5.75 Å². The lowest BCUT2D eigenvalue weighted by Crippen LogP contribution is -2.58. The van der Waals surface area contributed by atoms with E-state index in [0.29, 0.717) is 0 Å². The van der Waals surface area contributed by atoms with Gasteiger partial charge in [0.25, 0.3) is 0 Å². The van der Waals surface area contributed by atoms with E-state index < -0.39 is 16.6 Å². The van der Waals surface area contributed by atoms with Crippen molar-refractivity contribution in [2.45, 2.75) is 52.2 Å². The molecule has 1 unspecified atom stereocenters. The van der Waals surface area contributed by atoms with Crippen molar-refractivity contribution in [2.24, 2.45) is 10.8 Å². The standard InChI is InChI=1S/C17H26O3S/c1-15(2,3)17(16(4,5)6,13(21)14(19)20)11-7-9-12(18)10-8-11/h7-10,13,18,21H,1-6H3,(H,19,20). The van der Waals surface area contributed by atoms with Gasteiger partial charge in [-0.3, -0.25) is 4.79 Å². The van der Waals surface area contributed by atoms with E-state index in [4.69, 9.17) is 0 Å². The summed E-state index contributed by atoms with van der Waals surface area (Å²) in [5.41, 5.74) is -0.509. The predicted octanol–water partition coefficient (Wildman–Crippen LogP) is 4.11. The normalized spacial score (nSPS) is 14.8. The molecular weight excluding hydrogens is 284 g/mol. The van der Waals surface area contributed by atoms with Crippen LogP contribution in [0.4, 0.5) is 0 Å². The van der Waals surface area contributed by atoms with Crippen LogP contribution in [0.3, 0.4) is 0 Å². The van der Waals surface area contributed by atoms with Crippen LogP contribution in [-0.2, 0) is 10.2 Å². The van der Waals surface area contributed by atoms with E-state index in [1.54, 1.807) is 24.3 Å². The molecule has 1 aromatic rings. The molecule has 0 fully saturated rings. The van der Waals surface area contributed by atoms with Gasteiger partial charge in [-0.1, -0.05) is 53.7 Å². The summed E-state index contributed by atoms with van der Waals surface area (Å²) in [5.74, 6) is -0.766. The molecule has 0 saturated heterocycles. The highest BCUT2D eigenvalue weighted by Gasteiger charge is 2.57. The number of carboxylic acids is 1. The Hall–Kier alpha value is -1.16. The zero-order chi connectivity index (χ0) is 16.6. The van der Waals surface area contributed by atoms with Gasteiger partial charge in [-0.2, -0.15) is 12.6 Å². The van der Waals surface area contributed by atoms with Crippen molar-refractivity contribution in [1.29, 1.82) is 0 Å². The molecule has 0 aromatic heterocycles. The van der Waals surface area contributed by atoms with Crippen molar-refractivity contribution in [2.75, 3.05) is 0 Å². The predicted molar refractivity (Wildman–Crippen MR) is 89.1 cm³/mol. The summed E-state index contributed by atoms with van der Waals surface area (Å²) < 4.78 is 0. The van der Waals surface area contributed by atoms with Gasteiger partial charge in [0.2, 0.25) is 0 Å². The summed E-state index contributed by atoms with van der Waals surface area (Å²) >= 11 is 4.47. The maximum atomic E-state index is 11.8. The molecule has 0 aliphatic heterocycles. The quantitative estimate of drug-likeness (QED) is 0.737. The van der Waals surface area contributed by atoms with Gasteiger partial charge in [0.1, 0.15) is 11.0 Å². The molecule has 0 heterocycles. The fourth-order valence-electron chi connectivity index (χ4n) is 3.88. The van der Waals surface area contributed by atoms with E-state index in [0.717, 1.165) is 5.56 Å². The summed E-state index contributed by atoms with van der Waals surface area (Å²) in [6, 6.07) is 6.81. The van der Waals surface area contributed by atoms with E-state index >= 15 is 0 Å². The molecule has 3 nitrogen and oxygen atoms in total. The highest BCUT2D eigenvalue weighted by Crippen LogP contribution is 2.57. The van der Waals surface area contributed by atoms with Gasteiger partial charge in [-0.15, -0.1) is 0 Å². The summed E-state index contributed by atoms with van der Waals surface area (Å²) in [5, 5.41) is 18.3. The Morgan fingerprint density at radius 2 is 1.38 bits per heavy atom. The first kappa shape index (κ1) is 17.9. The van der Waals surface area contributed by atoms with Crippen LogP contribution in [0, 0.1) is 10.8 Å². The Kier molecular flexibility index (Phi) is 4.74. The molecule has 1 aromatic carbocycles. The third-order valence-corrected chi connectivity index (χ3v) is 4.94.